The van der Waals surface area contributed by atoms with Crippen molar-refractivity contribution in [2.24, 2.45) is 0 Å². The number of anilines is 2. The summed E-state index contributed by atoms with van der Waals surface area (Å²) in [6.07, 6.45) is 0. The number of carbonyl (C=O) groups is 1. The number of thioether (sulfide) groups is 1. The Labute approximate surface area is 128 Å². The van der Waals surface area contributed by atoms with Crippen LogP contribution in [0.1, 0.15) is 12.6 Å². The molecule has 0 aliphatic rings. The molecular weight excluding hydrogens is 284 g/mol. The van der Waals surface area contributed by atoms with Crippen LogP contribution in [0.2, 0.25) is 0 Å². The standard InChI is InChI=1S/C15H18N4OS/c1-10-9-13(16)18-15(17-10)21-11(2)14(20)19(3)12-7-5-4-6-8-12/h4-9,11H,1-3H3,(H2,16,17,18). The minimum atomic E-state index is -0.295. The molecule has 0 spiro atoms. The van der Waals surface area contributed by atoms with E-state index in [0.717, 1.165) is 11.4 Å². The van der Waals surface area contributed by atoms with Crippen LogP contribution in [0, 0.1) is 6.92 Å². The zero-order valence-electron chi connectivity index (χ0n) is 12.3. The van der Waals surface area contributed by atoms with E-state index in [2.05, 4.69) is 9.97 Å². The lowest BCUT2D eigenvalue weighted by molar-refractivity contribution is -0.117. The molecule has 0 saturated carbocycles. The molecule has 0 aliphatic heterocycles. The van der Waals surface area contributed by atoms with E-state index in [-0.39, 0.29) is 11.2 Å². The fraction of sp³-hybridized carbons (Fsp3) is 0.267. The summed E-state index contributed by atoms with van der Waals surface area (Å²) in [4.78, 5) is 22.5. The van der Waals surface area contributed by atoms with E-state index in [0.29, 0.717) is 11.0 Å². The van der Waals surface area contributed by atoms with Crippen LogP contribution in [0.25, 0.3) is 0 Å². The van der Waals surface area contributed by atoms with Crippen molar-refractivity contribution >= 4 is 29.2 Å². The van der Waals surface area contributed by atoms with Gasteiger partial charge in [0.2, 0.25) is 5.91 Å². The number of nitrogens with zero attached hydrogens (tertiary/aromatic N) is 3. The number of rotatable bonds is 4. The molecule has 110 valence electrons. The molecule has 0 bridgehead atoms. The number of aryl methyl sites for hydroxylation is 1. The van der Waals surface area contributed by atoms with Gasteiger partial charge in [-0.25, -0.2) is 9.97 Å². The predicted octanol–water partition coefficient (Wildman–Crippen LogP) is 2.51. The second-order valence-electron chi connectivity index (χ2n) is 4.71. The molecule has 1 aromatic carbocycles. The van der Waals surface area contributed by atoms with Gasteiger partial charge in [0, 0.05) is 24.5 Å². The minimum absolute atomic E-state index is 0.00474. The fourth-order valence-corrected chi connectivity index (χ4v) is 2.81. The quantitative estimate of drug-likeness (QED) is 0.694. The molecule has 0 radical (unpaired) electrons. The van der Waals surface area contributed by atoms with Crippen LogP contribution in [-0.4, -0.2) is 28.2 Å². The first-order valence-corrected chi connectivity index (χ1v) is 7.46. The molecule has 2 N–H and O–H groups in total. The molecule has 6 heteroatoms. The monoisotopic (exact) mass is 302 g/mol. The van der Waals surface area contributed by atoms with Crippen molar-refractivity contribution < 1.29 is 4.79 Å². The van der Waals surface area contributed by atoms with Gasteiger partial charge in [0.1, 0.15) is 5.82 Å². The first kappa shape index (κ1) is 15.3. The summed E-state index contributed by atoms with van der Waals surface area (Å²) in [5.74, 6) is 0.413. The molecular formula is C15H18N4OS. The van der Waals surface area contributed by atoms with Gasteiger partial charge in [-0.05, 0) is 26.0 Å². The van der Waals surface area contributed by atoms with Crippen LogP contribution in [0.15, 0.2) is 41.6 Å². The molecule has 1 atom stereocenters. The Morgan fingerprint density at radius 1 is 1.29 bits per heavy atom. The highest BCUT2D eigenvalue weighted by molar-refractivity contribution is 8.00. The van der Waals surface area contributed by atoms with E-state index in [1.807, 2.05) is 44.2 Å². The number of aromatic nitrogens is 2. The average molecular weight is 302 g/mol. The summed E-state index contributed by atoms with van der Waals surface area (Å²) in [5.41, 5.74) is 7.36. The summed E-state index contributed by atoms with van der Waals surface area (Å²) in [5, 5.41) is 0.228. The summed E-state index contributed by atoms with van der Waals surface area (Å²) in [6, 6.07) is 11.2. The molecule has 2 rings (SSSR count). The van der Waals surface area contributed by atoms with Crippen LogP contribution in [0.5, 0.6) is 0 Å². The van der Waals surface area contributed by atoms with Gasteiger partial charge in [0.25, 0.3) is 0 Å². The van der Waals surface area contributed by atoms with E-state index in [4.69, 9.17) is 5.73 Å². The van der Waals surface area contributed by atoms with Crippen molar-refractivity contribution in [1.29, 1.82) is 0 Å². The summed E-state index contributed by atoms with van der Waals surface area (Å²) in [6.45, 7) is 3.69. The van der Waals surface area contributed by atoms with E-state index in [1.54, 1.807) is 18.0 Å². The van der Waals surface area contributed by atoms with E-state index < -0.39 is 0 Å². The molecule has 0 saturated heterocycles. The van der Waals surface area contributed by atoms with Crippen LogP contribution >= 0.6 is 11.8 Å². The average Bonchev–Trinajstić information content (AvgIpc) is 2.45. The van der Waals surface area contributed by atoms with E-state index >= 15 is 0 Å². The van der Waals surface area contributed by atoms with Gasteiger partial charge in [0.05, 0.1) is 5.25 Å². The molecule has 21 heavy (non-hydrogen) atoms. The second-order valence-corrected chi connectivity index (χ2v) is 6.02. The van der Waals surface area contributed by atoms with Crippen LogP contribution in [0.3, 0.4) is 0 Å². The molecule has 1 aromatic heterocycles. The SMILES string of the molecule is Cc1cc(N)nc(SC(C)C(=O)N(C)c2ccccc2)n1. The van der Waals surface area contributed by atoms with Gasteiger partial charge in [-0.2, -0.15) is 0 Å². The van der Waals surface area contributed by atoms with E-state index in [9.17, 15) is 4.79 Å². The lowest BCUT2D eigenvalue weighted by atomic mass is 10.3. The van der Waals surface area contributed by atoms with Gasteiger partial charge in [-0.15, -0.1) is 0 Å². The molecule has 5 nitrogen and oxygen atoms in total. The van der Waals surface area contributed by atoms with Crippen molar-refractivity contribution in [3.05, 3.63) is 42.1 Å². The Bertz CT molecular complexity index is 613. The number of benzene rings is 1. The third kappa shape index (κ3) is 3.95. The van der Waals surface area contributed by atoms with Gasteiger partial charge in [-0.1, -0.05) is 30.0 Å². The van der Waals surface area contributed by atoms with Crippen molar-refractivity contribution in [1.82, 2.24) is 9.97 Å². The molecule has 1 unspecified atom stereocenters. The number of carbonyl (C=O) groups excluding carboxylic acids is 1. The normalized spacial score (nSPS) is 12.0. The fourth-order valence-electron chi connectivity index (χ4n) is 1.88. The Morgan fingerprint density at radius 3 is 2.57 bits per heavy atom. The van der Waals surface area contributed by atoms with Gasteiger partial charge < -0.3 is 10.6 Å². The molecule has 0 fully saturated rings. The molecule has 2 aromatic rings. The lowest BCUT2D eigenvalue weighted by Gasteiger charge is -2.20. The summed E-state index contributed by atoms with van der Waals surface area (Å²) in [7, 11) is 1.76. The Balaban J connectivity index is 2.09. The van der Waals surface area contributed by atoms with Crippen molar-refractivity contribution in [3.63, 3.8) is 0 Å². The van der Waals surface area contributed by atoms with Gasteiger partial charge in [0.15, 0.2) is 5.16 Å². The topological polar surface area (TPSA) is 72.1 Å². The number of hydrogen-bond donors (Lipinski definition) is 1. The maximum atomic E-state index is 12.4. The highest BCUT2D eigenvalue weighted by Gasteiger charge is 2.21. The molecule has 0 aliphatic carbocycles. The highest BCUT2D eigenvalue weighted by Crippen LogP contribution is 2.23. The van der Waals surface area contributed by atoms with Gasteiger partial charge in [-0.3, -0.25) is 4.79 Å². The van der Waals surface area contributed by atoms with Crippen LogP contribution in [-0.2, 0) is 4.79 Å². The largest absolute Gasteiger partial charge is 0.384 e. The predicted molar refractivity (Wildman–Crippen MR) is 86.4 cm³/mol. The van der Waals surface area contributed by atoms with Crippen LogP contribution in [0.4, 0.5) is 11.5 Å². The third-order valence-corrected chi connectivity index (χ3v) is 3.91. The first-order valence-electron chi connectivity index (χ1n) is 6.58. The zero-order chi connectivity index (χ0) is 15.4. The summed E-state index contributed by atoms with van der Waals surface area (Å²) >= 11 is 1.31. The lowest BCUT2D eigenvalue weighted by Crippen LogP contribution is -2.33. The summed E-state index contributed by atoms with van der Waals surface area (Å²) < 4.78 is 0. The second kappa shape index (κ2) is 6.58. The van der Waals surface area contributed by atoms with Crippen molar-refractivity contribution in [2.45, 2.75) is 24.3 Å². The number of nitrogens with two attached hydrogens (primary N) is 1. The maximum Gasteiger partial charge on any atom is 0.240 e. The van der Waals surface area contributed by atoms with Crippen LogP contribution < -0.4 is 10.6 Å². The van der Waals surface area contributed by atoms with Crippen molar-refractivity contribution in [3.8, 4) is 0 Å². The highest BCUT2D eigenvalue weighted by atomic mass is 32.2. The van der Waals surface area contributed by atoms with E-state index in [1.165, 1.54) is 11.8 Å². The van der Waals surface area contributed by atoms with Crippen molar-refractivity contribution in [2.75, 3.05) is 17.7 Å². The molecule has 1 heterocycles. The zero-order valence-corrected chi connectivity index (χ0v) is 13.1. The smallest absolute Gasteiger partial charge is 0.240 e. The first-order chi connectivity index (χ1) is 9.97. The number of nitrogen functional groups attached to an aromatic ring is 1. The molecule has 1 amide bonds. The Morgan fingerprint density at radius 2 is 1.95 bits per heavy atom. The third-order valence-electron chi connectivity index (χ3n) is 2.96. The number of para-hydroxylation sites is 1. The Kier molecular flexibility index (Phi) is 4.80. The number of amides is 1. The minimum Gasteiger partial charge on any atom is -0.384 e. The van der Waals surface area contributed by atoms with Gasteiger partial charge >= 0.3 is 0 Å². The number of hydrogen-bond acceptors (Lipinski definition) is 5. The maximum absolute atomic E-state index is 12.4. The Hall–Kier alpha value is -2.08.